The molecule has 0 aromatic rings. The number of sulfone groups is 1. The van der Waals surface area contributed by atoms with Gasteiger partial charge in [-0.3, -0.25) is 0 Å². The van der Waals surface area contributed by atoms with Crippen molar-refractivity contribution in [3.63, 3.8) is 0 Å². The van der Waals surface area contributed by atoms with Gasteiger partial charge in [-0.25, -0.2) is 8.42 Å². The third kappa shape index (κ3) is 4.56. The first-order valence-electron chi connectivity index (χ1n) is 6.11. The van der Waals surface area contributed by atoms with Crippen LogP contribution in [0.3, 0.4) is 0 Å². The highest BCUT2D eigenvalue weighted by molar-refractivity contribution is 7.92. The topological polar surface area (TPSA) is 43.4 Å². The normalized spacial score (nSPS) is 25.4. The molecule has 1 saturated heterocycles. The van der Waals surface area contributed by atoms with Gasteiger partial charge in [0.05, 0.1) is 23.9 Å². The first-order chi connectivity index (χ1) is 7.67. The zero-order valence-electron chi connectivity index (χ0n) is 9.86. The predicted molar refractivity (Wildman–Crippen MR) is 66.0 cm³/mol. The molecule has 1 atom stereocenters. The molecule has 1 fully saturated rings. The van der Waals surface area contributed by atoms with Gasteiger partial charge in [-0.05, 0) is 25.7 Å². The molecule has 1 aliphatic heterocycles. The molecule has 16 heavy (non-hydrogen) atoms. The maximum absolute atomic E-state index is 12.0. The molecule has 1 rings (SSSR count). The van der Waals surface area contributed by atoms with Crippen LogP contribution in [0.4, 0.5) is 0 Å². The molecule has 0 bridgehead atoms. The molecule has 0 aromatic carbocycles. The van der Waals surface area contributed by atoms with E-state index in [1.165, 1.54) is 12.7 Å². The van der Waals surface area contributed by atoms with E-state index in [9.17, 15) is 8.42 Å². The molecule has 0 aromatic heterocycles. The average Bonchev–Trinajstić information content (AvgIpc) is 2.23. The fourth-order valence-corrected chi connectivity index (χ4v) is 4.17. The lowest BCUT2D eigenvalue weighted by atomic mass is 10.1. The summed E-state index contributed by atoms with van der Waals surface area (Å²) in [5.41, 5.74) is 0. The number of ether oxygens (including phenoxy) is 1. The predicted octanol–water partition coefficient (Wildman–Crippen LogP) is 2.67. The van der Waals surface area contributed by atoms with Gasteiger partial charge >= 0.3 is 0 Å². The summed E-state index contributed by atoms with van der Waals surface area (Å²) in [6, 6.07) is 0. The Kier molecular flexibility index (Phi) is 5.88. The van der Waals surface area contributed by atoms with Crippen LogP contribution in [-0.4, -0.2) is 26.0 Å². The van der Waals surface area contributed by atoms with Crippen LogP contribution in [-0.2, 0) is 14.6 Å². The molecule has 0 spiro atoms. The van der Waals surface area contributed by atoms with Crippen LogP contribution in [0.5, 0.6) is 0 Å². The van der Waals surface area contributed by atoms with Gasteiger partial charge < -0.3 is 4.74 Å². The summed E-state index contributed by atoms with van der Waals surface area (Å²) in [5, 5.41) is -0.138. The summed E-state index contributed by atoms with van der Waals surface area (Å²) in [6.07, 6.45) is 7.89. The fourth-order valence-electron chi connectivity index (χ4n) is 2.18. The van der Waals surface area contributed by atoms with Crippen molar-refractivity contribution in [3.05, 3.63) is 12.8 Å². The van der Waals surface area contributed by atoms with Crippen molar-refractivity contribution < 1.29 is 13.2 Å². The van der Waals surface area contributed by atoms with E-state index in [-0.39, 0.29) is 5.25 Å². The van der Waals surface area contributed by atoms with Crippen molar-refractivity contribution in [3.8, 4) is 0 Å². The molecule has 0 radical (unpaired) electrons. The summed E-state index contributed by atoms with van der Waals surface area (Å²) < 4.78 is 28.9. The highest BCUT2D eigenvalue weighted by atomic mass is 32.2. The van der Waals surface area contributed by atoms with Gasteiger partial charge in [0.2, 0.25) is 0 Å². The van der Waals surface area contributed by atoms with Gasteiger partial charge in [0.15, 0.2) is 9.84 Å². The van der Waals surface area contributed by atoms with E-state index in [1.807, 2.05) is 0 Å². The molecule has 0 aliphatic carbocycles. The highest BCUT2D eigenvalue weighted by Gasteiger charge is 2.25. The maximum atomic E-state index is 12.0. The minimum absolute atomic E-state index is 0.138. The quantitative estimate of drug-likeness (QED) is 0.553. The fraction of sp³-hybridized carbons (Fsp3) is 0.833. The second kappa shape index (κ2) is 6.94. The van der Waals surface area contributed by atoms with E-state index in [4.69, 9.17) is 4.74 Å². The smallest absolute Gasteiger partial charge is 0.153 e. The molecular formula is C12H22O3S. The van der Waals surface area contributed by atoms with Gasteiger partial charge in [-0.1, -0.05) is 25.8 Å². The Labute approximate surface area is 98.8 Å². The van der Waals surface area contributed by atoms with E-state index >= 15 is 0 Å². The first kappa shape index (κ1) is 13.6. The van der Waals surface area contributed by atoms with E-state index in [2.05, 4.69) is 6.58 Å². The molecular weight excluding hydrogens is 224 g/mol. The van der Waals surface area contributed by atoms with Gasteiger partial charge in [-0.15, -0.1) is 0 Å². The Balaban J connectivity index is 2.42. The third-order valence-electron chi connectivity index (χ3n) is 3.12. The van der Waals surface area contributed by atoms with Crippen molar-refractivity contribution in [1.82, 2.24) is 0 Å². The van der Waals surface area contributed by atoms with Crippen LogP contribution < -0.4 is 0 Å². The van der Waals surface area contributed by atoms with Crippen LogP contribution in [0.15, 0.2) is 12.8 Å². The highest BCUT2D eigenvalue weighted by Crippen LogP contribution is 2.22. The minimum atomic E-state index is -2.85. The van der Waals surface area contributed by atoms with Gasteiger partial charge in [0.25, 0.3) is 0 Å². The second-order valence-electron chi connectivity index (χ2n) is 4.37. The van der Waals surface area contributed by atoms with Gasteiger partial charge in [0.1, 0.15) is 0 Å². The Hall–Kier alpha value is -0.510. The summed E-state index contributed by atoms with van der Waals surface area (Å²) in [5.74, 6) is 0.375. The molecule has 0 saturated carbocycles. The number of rotatable bonds is 5. The Bertz CT molecular complexity index is 295. The van der Waals surface area contributed by atoms with E-state index in [1.54, 1.807) is 0 Å². The van der Waals surface area contributed by atoms with Crippen LogP contribution in [0.1, 0.15) is 44.9 Å². The van der Waals surface area contributed by atoms with E-state index in [0.29, 0.717) is 12.4 Å². The summed E-state index contributed by atoms with van der Waals surface area (Å²) >= 11 is 0. The molecule has 1 heterocycles. The summed E-state index contributed by atoms with van der Waals surface area (Å²) in [4.78, 5) is 0. The molecule has 0 amide bonds. The maximum Gasteiger partial charge on any atom is 0.153 e. The molecule has 3 nitrogen and oxygen atoms in total. The Morgan fingerprint density at radius 2 is 2.00 bits per heavy atom. The summed E-state index contributed by atoms with van der Waals surface area (Å²) in [7, 11) is -2.85. The minimum Gasteiger partial charge on any atom is -0.502 e. The lowest BCUT2D eigenvalue weighted by Gasteiger charge is -2.20. The van der Waals surface area contributed by atoms with E-state index < -0.39 is 9.84 Å². The largest absolute Gasteiger partial charge is 0.502 e. The van der Waals surface area contributed by atoms with Gasteiger partial charge in [0, 0.05) is 0 Å². The number of hydrogen-bond donors (Lipinski definition) is 0. The molecule has 1 unspecified atom stereocenters. The van der Waals surface area contributed by atoms with Crippen molar-refractivity contribution in [2.75, 3.05) is 12.4 Å². The standard InChI is InChI=1S/C12H22O3S/c1-2-15-10-7-9-12-8-5-3-4-6-11-16(12,13)14/h2,12H,1,3-11H2. The van der Waals surface area contributed by atoms with Crippen LogP contribution in [0, 0.1) is 0 Å². The molecule has 4 heteroatoms. The lowest BCUT2D eigenvalue weighted by molar-refractivity contribution is 0.241. The van der Waals surface area contributed by atoms with Crippen molar-refractivity contribution in [1.29, 1.82) is 0 Å². The van der Waals surface area contributed by atoms with E-state index in [0.717, 1.165) is 38.5 Å². The molecule has 0 N–H and O–H groups in total. The van der Waals surface area contributed by atoms with Gasteiger partial charge in [-0.2, -0.15) is 0 Å². The van der Waals surface area contributed by atoms with Crippen LogP contribution >= 0.6 is 0 Å². The summed E-state index contributed by atoms with van der Waals surface area (Å²) in [6.45, 7) is 4.04. The second-order valence-corrected chi connectivity index (χ2v) is 6.77. The monoisotopic (exact) mass is 246 g/mol. The van der Waals surface area contributed by atoms with Crippen molar-refractivity contribution in [2.45, 2.75) is 50.2 Å². The SMILES string of the molecule is C=COCCCC1CCCCCCS1(=O)=O. The number of hydrogen-bond acceptors (Lipinski definition) is 3. The van der Waals surface area contributed by atoms with Crippen molar-refractivity contribution >= 4 is 9.84 Å². The average molecular weight is 246 g/mol. The lowest BCUT2D eigenvalue weighted by Crippen LogP contribution is -2.26. The van der Waals surface area contributed by atoms with Crippen LogP contribution in [0.2, 0.25) is 0 Å². The molecule has 1 aliphatic rings. The zero-order chi connectivity index (χ0) is 11.9. The third-order valence-corrected chi connectivity index (χ3v) is 5.46. The Morgan fingerprint density at radius 3 is 2.75 bits per heavy atom. The Morgan fingerprint density at radius 1 is 1.25 bits per heavy atom. The first-order valence-corrected chi connectivity index (χ1v) is 7.82. The van der Waals surface area contributed by atoms with Crippen molar-refractivity contribution in [2.24, 2.45) is 0 Å². The van der Waals surface area contributed by atoms with Crippen LogP contribution in [0.25, 0.3) is 0 Å². The molecule has 94 valence electrons. The zero-order valence-corrected chi connectivity index (χ0v) is 10.7.